The van der Waals surface area contributed by atoms with Gasteiger partial charge in [0.2, 0.25) is 0 Å². The van der Waals surface area contributed by atoms with Gasteiger partial charge in [0.05, 0.1) is 0 Å². The van der Waals surface area contributed by atoms with Crippen LogP contribution in [0.5, 0.6) is 0 Å². The lowest BCUT2D eigenvalue weighted by atomic mass is 10.1. The lowest BCUT2D eigenvalue weighted by Gasteiger charge is -2.05. The van der Waals surface area contributed by atoms with E-state index in [1.807, 2.05) is 24.3 Å². The maximum atomic E-state index is 12.1. The first-order valence-electron chi connectivity index (χ1n) is 6.51. The highest BCUT2D eigenvalue weighted by Crippen LogP contribution is 2.20. The molecule has 0 radical (unpaired) electrons. The number of hydrogen-bond donors (Lipinski definition) is 1. The molecule has 0 aliphatic rings. The van der Waals surface area contributed by atoms with Gasteiger partial charge in [0.15, 0.2) is 5.78 Å². The molecule has 5 heteroatoms. The van der Waals surface area contributed by atoms with Crippen molar-refractivity contribution >= 4 is 27.7 Å². The first-order valence-corrected chi connectivity index (χ1v) is 7.31. The number of hydrogen-bond acceptors (Lipinski definition) is 3. The van der Waals surface area contributed by atoms with Crippen LogP contribution in [0.15, 0.2) is 28.7 Å². The number of aryl methyl sites for hydroxylation is 1. The molecule has 0 saturated heterocycles. The largest absolute Gasteiger partial charge is 0.456 e. The SMILES string of the molecule is CC(=O)c1c(C)[nH]c(C(=O)OCc2cccc(Br)c2)c1C. The van der Waals surface area contributed by atoms with Gasteiger partial charge in [-0.05, 0) is 44.0 Å². The molecular weight excluding hydrogens is 334 g/mol. The van der Waals surface area contributed by atoms with Gasteiger partial charge < -0.3 is 9.72 Å². The molecule has 0 atom stereocenters. The van der Waals surface area contributed by atoms with E-state index in [9.17, 15) is 9.59 Å². The van der Waals surface area contributed by atoms with Gasteiger partial charge in [0, 0.05) is 15.7 Å². The second-order valence-electron chi connectivity index (χ2n) is 4.89. The topological polar surface area (TPSA) is 59.2 Å². The molecule has 0 spiro atoms. The molecule has 0 unspecified atom stereocenters. The predicted octanol–water partition coefficient (Wildman–Crippen LogP) is 3.95. The lowest BCUT2D eigenvalue weighted by molar-refractivity contribution is 0.0465. The number of ether oxygens (including phenoxy) is 1. The third kappa shape index (κ3) is 3.42. The Balaban J connectivity index is 2.14. The van der Waals surface area contributed by atoms with Crippen molar-refractivity contribution in [3.8, 4) is 0 Å². The van der Waals surface area contributed by atoms with Gasteiger partial charge in [-0.1, -0.05) is 28.1 Å². The van der Waals surface area contributed by atoms with Crippen LogP contribution in [-0.4, -0.2) is 16.7 Å². The Kier molecular flexibility index (Phi) is 4.63. The van der Waals surface area contributed by atoms with Gasteiger partial charge in [-0.2, -0.15) is 0 Å². The Labute approximate surface area is 131 Å². The summed E-state index contributed by atoms with van der Waals surface area (Å²) in [6.07, 6.45) is 0. The number of halogens is 1. The van der Waals surface area contributed by atoms with E-state index < -0.39 is 5.97 Å². The van der Waals surface area contributed by atoms with Crippen LogP contribution < -0.4 is 0 Å². The van der Waals surface area contributed by atoms with Gasteiger partial charge in [-0.15, -0.1) is 0 Å². The van der Waals surface area contributed by atoms with Crippen molar-refractivity contribution in [1.29, 1.82) is 0 Å². The normalized spacial score (nSPS) is 10.5. The molecule has 0 saturated carbocycles. The molecule has 1 aromatic carbocycles. The molecule has 1 heterocycles. The number of carbonyl (C=O) groups excluding carboxylic acids is 2. The van der Waals surface area contributed by atoms with Crippen molar-refractivity contribution in [2.45, 2.75) is 27.4 Å². The van der Waals surface area contributed by atoms with E-state index >= 15 is 0 Å². The van der Waals surface area contributed by atoms with Crippen molar-refractivity contribution in [3.05, 3.63) is 56.8 Å². The average Bonchev–Trinajstić information content (AvgIpc) is 2.71. The van der Waals surface area contributed by atoms with E-state index in [4.69, 9.17) is 4.74 Å². The molecular formula is C16H16BrNO3. The average molecular weight is 350 g/mol. The number of aromatic amines is 1. The third-order valence-corrected chi connectivity index (χ3v) is 3.75. The number of H-pyrrole nitrogens is 1. The Morgan fingerprint density at radius 3 is 2.57 bits per heavy atom. The fourth-order valence-corrected chi connectivity index (χ4v) is 2.78. The molecule has 110 valence electrons. The van der Waals surface area contributed by atoms with Gasteiger partial charge >= 0.3 is 5.97 Å². The molecule has 0 bridgehead atoms. The van der Waals surface area contributed by atoms with E-state index in [0.717, 1.165) is 10.0 Å². The highest BCUT2D eigenvalue weighted by atomic mass is 79.9. The van der Waals surface area contributed by atoms with Crippen LogP contribution in [0.3, 0.4) is 0 Å². The van der Waals surface area contributed by atoms with Crippen molar-refractivity contribution in [3.63, 3.8) is 0 Å². The predicted molar refractivity (Wildman–Crippen MR) is 83.5 cm³/mol. The minimum atomic E-state index is -0.455. The maximum absolute atomic E-state index is 12.1. The highest BCUT2D eigenvalue weighted by Gasteiger charge is 2.20. The molecule has 0 aliphatic heterocycles. The van der Waals surface area contributed by atoms with Crippen LogP contribution >= 0.6 is 15.9 Å². The van der Waals surface area contributed by atoms with Crippen LogP contribution in [-0.2, 0) is 11.3 Å². The Bertz CT molecular complexity index is 704. The smallest absolute Gasteiger partial charge is 0.355 e. The molecule has 1 aromatic heterocycles. The summed E-state index contributed by atoms with van der Waals surface area (Å²) in [7, 11) is 0. The van der Waals surface area contributed by atoms with Crippen LogP contribution in [0.25, 0.3) is 0 Å². The van der Waals surface area contributed by atoms with Crippen LogP contribution in [0.4, 0.5) is 0 Å². The summed E-state index contributed by atoms with van der Waals surface area (Å²) in [5.41, 5.74) is 3.12. The molecule has 2 aromatic rings. The second-order valence-corrected chi connectivity index (χ2v) is 5.80. The van der Waals surface area contributed by atoms with E-state index in [-0.39, 0.29) is 12.4 Å². The quantitative estimate of drug-likeness (QED) is 0.671. The standard InChI is InChI=1S/C16H16BrNO3/c1-9-14(11(3)19)10(2)18-15(9)16(20)21-8-12-5-4-6-13(17)7-12/h4-7,18H,8H2,1-3H3. The summed E-state index contributed by atoms with van der Waals surface area (Å²) in [4.78, 5) is 26.6. The van der Waals surface area contributed by atoms with Crippen LogP contribution in [0, 0.1) is 13.8 Å². The summed E-state index contributed by atoms with van der Waals surface area (Å²) in [5, 5.41) is 0. The summed E-state index contributed by atoms with van der Waals surface area (Å²) in [5.74, 6) is -0.518. The Morgan fingerprint density at radius 2 is 2.00 bits per heavy atom. The first-order chi connectivity index (χ1) is 9.90. The highest BCUT2D eigenvalue weighted by molar-refractivity contribution is 9.10. The second kappa shape index (κ2) is 6.26. The van der Waals surface area contributed by atoms with Crippen molar-refractivity contribution < 1.29 is 14.3 Å². The van der Waals surface area contributed by atoms with Gasteiger partial charge in [0.1, 0.15) is 12.3 Å². The molecule has 2 rings (SSSR count). The molecule has 0 amide bonds. The zero-order chi connectivity index (χ0) is 15.6. The van der Waals surface area contributed by atoms with E-state index in [1.54, 1.807) is 13.8 Å². The molecule has 0 aliphatic carbocycles. The van der Waals surface area contributed by atoms with Gasteiger partial charge in [-0.3, -0.25) is 4.79 Å². The number of aromatic nitrogens is 1. The van der Waals surface area contributed by atoms with Gasteiger partial charge in [0.25, 0.3) is 0 Å². The number of Topliss-reactive ketones (excluding diaryl/α,β-unsaturated/α-hetero) is 1. The minimum absolute atomic E-state index is 0.0627. The molecule has 1 N–H and O–H groups in total. The zero-order valence-electron chi connectivity index (χ0n) is 12.1. The van der Waals surface area contributed by atoms with E-state index in [2.05, 4.69) is 20.9 Å². The molecule has 21 heavy (non-hydrogen) atoms. The zero-order valence-corrected chi connectivity index (χ0v) is 13.7. The summed E-state index contributed by atoms with van der Waals surface area (Å²) in [6.45, 7) is 5.19. The Hall–Kier alpha value is -1.88. The number of benzene rings is 1. The van der Waals surface area contributed by atoms with Crippen molar-refractivity contribution in [2.24, 2.45) is 0 Å². The Morgan fingerprint density at radius 1 is 1.29 bits per heavy atom. The summed E-state index contributed by atoms with van der Waals surface area (Å²) < 4.78 is 6.23. The lowest BCUT2D eigenvalue weighted by Crippen LogP contribution is -2.07. The molecule has 0 fully saturated rings. The van der Waals surface area contributed by atoms with E-state index in [1.165, 1.54) is 6.92 Å². The number of nitrogens with one attached hydrogen (secondary N) is 1. The summed E-state index contributed by atoms with van der Waals surface area (Å²) in [6, 6.07) is 7.56. The van der Waals surface area contributed by atoms with Crippen molar-refractivity contribution in [2.75, 3.05) is 0 Å². The van der Waals surface area contributed by atoms with E-state index in [0.29, 0.717) is 22.5 Å². The third-order valence-electron chi connectivity index (χ3n) is 3.25. The minimum Gasteiger partial charge on any atom is -0.456 e. The first kappa shape index (κ1) is 15.5. The number of rotatable bonds is 4. The number of esters is 1. The fourth-order valence-electron chi connectivity index (χ4n) is 2.33. The van der Waals surface area contributed by atoms with Crippen molar-refractivity contribution in [1.82, 2.24) is 4.98 Å². The number of ketones is 1. The van der Waals surface area contributed by atoms with Gasteiger partial charge in [-0.25, -0.2) is 4.79 Å². The van der Waals surface area contributed by atoms with Crippen LogP contribution in [0.1, 0.15) is 44.6 Å². The molecule has 4 nitrogen and oxygen atoms in total. The maximum Gasteiger partial charge on any atom is 0.355 e. The van der Waals surface area contributed by atoms with Crippen LogP contribution in [0.2, 0.25) is 0 Å². The fraction of sp³-hybridized carbons (Fsp3) is 0.250. The monoisotopic (exact) mass is 349 g/mol. The number of carbonyl (C=O) groups is 2. The summed E-state index contributed by atoms with van der Waals surface area (Å²) >= 11 is 3.37.